The van der Waals surface area contributed by atoms with E-state index in [1.807, 2.05) is 37.3 Å². The van der Waals surface area contributed by atoms with Crippen LogP contribution in [0.4, 0.5) is 5.69 Å². The van der Waals surface area contributed by atoms with Crippen molar-refractivity contribution in [2.45, 2.75) is 31.7 Å². The van der Waals surface area contributed by atoms with Gasteiger partial charge in [-0.15, -0.1) is 11.3 Å². The maximum atomic E-state index is 12.7. The molecule has 0 saturated carbocycles. The molecule has 1 aliphatic heterocycles. The summed E-state index contributed by atoms with van der Waals surface area (Å²) < 4.78 is 6.58. The lowest BCUT2D eigenvalue weighted by Crippen LogP contribution is -2.45. The van der Waals surface area contributed by atoms with Crippen molar-refractivity contribution in [1.29, 1.82) is 0 Å². The van der Waals surface area contributed by atoms with E-state index in [9.17, 15) is 4.79 Å². The molecular formula is C22H25N3O2S. The van der Waals surface area contributed by atoms with Crippen LogP contribution in [0.2, 0.25) is 0 Å². The number of amides is 1. The van der Waals surface area contributed by atoms with E-state index in [4.69, 9.17) is 9.72 Å². The number of carbonyl (C=O) groups excluding carboxylic acids is 1. The maximum Gasteiger partial charge on any atom is 0.241 e. The van der Waals surface area contributed by atoms with Gasteiger partial charge in [-0.3, -0.25) is 9.69 Å². The van der Waals surface area contributed by atoms with E-state index < -0.39 is 0 Å². The number of rotatable bonds is 5. The molecule has 2 aromatic carbocycles. The number of anilines is 1. The van der Waals surface area contributed by atoms with Crippen LogP contribution in [-0.4, -0.2) is 42.0 Å². The van der Waals surface area contributed by atoms with Crippen LogP contribution in [0, 0.1) is 0 Å². The summed E-state index contributed by atoms with van der Waals surface area (Å²) in [6, 6.07) is 15.6. The third-order valence-electron chi connectivity index (χ3n) is 5.48. The van der Waals surface area contributed by atoms with Crippen LogP contribution < -0.4 is 10.1 Å². The zero-order chi connectivity index (χ0) is 19.5. The number of nitrogens with one attached hydrogen (secondary N) is 1. The molecule has 0 spiro atoms. The fourth-order valence-corrected chi connectivity index (χ4v) is 4.89. The molecule has 1 aliphatic rings. The lowest BCUT2D eigenvalue weighted by atomic mass is 9.96. The molecule has 1 amide bonds. The summed E-state index contributed by atoms with van der Waals surface area (Å²) in [7, 11) is 1.61. The van der Waals surface area contributed by atoms with Gasteiger partial charge < -0.3 is 10.1 Å². The minimum Gasteiger partial charge on any atom is -0.495 e. The van der Waals surface area contributed by atoms with E-state index in [1.54, 1.807) is 18.4 Å². The Morgan fingerprint density at radius 1 is 1.18 bits per heavy atom. The van der Waals surface area contributed by atoms with Crippen LogP contribution in [0.1, 0.15) is 30.7 Å². The van der Waals surface area contributed by atoms with Crippen LogP contribution >= 0.6 is 11.3 Å². The SMILES string of the molecule is COc1ccccc1NC(=O)[C@H](C)N1CCC(c2nc3ccccc3s2)CC1. The molecule has 1 fully saturated rings. The molecule has 2 heterocycles. The van der Waals surface area contributed by atoms with Gasteiger partial charge in [-0.2, -0.15) is 0 Å². The van der Waals surface area contributed by atoms with Gasteiger partial charge in [0, 0.05) is 5.92 Å². The average molecular weight is 396 g/mol. The molecule has 0 radical (unpaired) electrons. The molecule has 1 N–H and O–H groups in total. The third kappa shape index (κ3) is 3.88. The lowest BCUT2D eigenvalue weighted by Gasteiger charge is -2.34. The van der Waals surface area contributed by atoms with Crippen LogP contribution in [-0.2, 0) is 4.79 Å². The molecule has 146 valence electrons. The van der Waals surface area contributed by atoms with Gasteiger partial charge in [0.2, 0.25) is 5.91 Å². The van der Waals surface area contributed by atoms with E-state index in [0.717, 1.165) is 31.4 Å². The quantitative estimate of drug-likeness (QED) is 0.690. The number of thiazole rings is 1. The average Bonchev–Trinajstić information content (AvgIpc) is 3.18. The minimum atomic E-state index is -0.179. The number of ether oxygens (including phenoxy) is 1. The second-order valence-electron chi connectivity index (χ2n) is 7.20. The number of carbonyl (C=O) groups is 1. The number of para-hydroxylation sites is 3. The van der Waals surface area contributed by atoms with Gasteiger partial charge in [-0.25, -0.2) is 4.98 Å². The first-order valence-electron chi connectivity index (χ1n) is 9.69. The largest absolute Gasteiger partial charge is 0.495 e. The van der Waals surface area contributed by atoms with Crippen molar-refractivity contribution < 1.29 is 9.53 Å². The summed E-state index contributed by atoms with van der Waals surface area (Å²) in [5.74, 6) is 1.17. The Morgan fingerprint density at radius 2 is 1.89 bits per heavy atom. The van der Waals surface area contributed by atoms with Gasteiger partial charge in [0.15, 0.2) is 0 Å². The molecule has 1 atom stereocenters. The third-order valence-corrected chi connectivity index (χ3v) is 6.68. The molecule has 4 rings (SSSR count). The first-order valence-corrected chi connectivity index (χ1v) is 10.5. The van der Waals surface area contributed by atoms with Crippen molar-refractivity contribution >= 4 is 33.1 Å². The highest BCUT2D eigenvalue weighted by atomic mass is 32.1. The maximum absolute atomic E-state index is 12.7. The second-order valence-corrected chi connectivity index (χ2v) is 8.26. The first kappa shape index (κ1) is 18.9. The van der Waals surface area contributed by atoms with Gasteiger partial charge in [-0.05, 0) is 57.1 Å². The monoisotopic (exact) mass is 395 g/mol. The molecule has 0 aliphatic carbocycles. The van der Waals surface area contributed by atoms with E-state index in [-0.39, 0.29) is 11.9 Å². The van der Waals surface area contributed by atoms with E-state index in [2.05, 4.69) is 28.4 Å². The Balaban J connectivity index is 1.36. The number of methoxy groups -OCH3 is 1. The van der Waals surface area contributed by atoms with Gasteiger partial charge in [0.05, 0.1) is 34.1 Å². The van der Waals surface area contributed by atoms with Crippen molar-refractivity contribution in [3.05, 3.63) is 53.5 Å². The number of hydrogen-bond acceptors (Lipinski definition) is 5. The van der Waals surface area contributed by atoms with Gasteiger partial charge in [0.25, 0.3) is 0 Å². The van der Waals surface area contributed by atoms with Gasteiger partial charge in [-0.1, -0.05) is 24.3 Å². The number of likely N-dealkylation sites (tertiary alicyclic amines) is 1. The Bertz CT molecular complexity index is 930. The van der Waals surface area contributed by atoms with Crippen molar-refractivity contribution in [1.82, 2.24) is 9.88 Å². The predicted octanol–water partition coefficient (Wildman–Crippen LogP) is 4.51. The number of fused-ring (bicyclic) bond motifs is 1. The van der Waals surface area contributed by atoms with Crippen molar-refractivity contribution in [3.8, 4) is 5.75 Å². The molecule has 1 aromatic heterocycles. The number of benzene rings is 2. The van der Waals surface area contributed by atoms with Crippen LogP contribution in [0.15, 0.2) is 48.5 Å². The highest BCUT2D eigenvalue weighted by Gasteiger charge is 2.29. The van der Waals surface area contributed by atoms with Crippen molar-refractivity contribution in [2.24, 2.45) is 0 Å². The minimum absolute atomic E-state index is 0.00272. The topological polar surface area (TPSA) is 54.5 Å². The number of aromatic nitrogens is 1. The Morgan fingerprint density at radius 3 is 2.64 bits per heavy atom. The molecule has 5 nitrogen and oxygen atoms in total. The lowest BCUT2D eigenvalue weighted by molar-refractivity contribution is -0.121. The zero-order valence-corrected chi connectivity index (χ0v) is 17.0. The molecule has 28 heavy (non-hydrogen) atoms. The van der Waals surface area contributed by atoms with Crippen molar-refractivity contribution in [2.75, 3.05) is 25.5 Å². The smallest absolute Gasteiger partial charge is 0.241 e. The fourth-order valence-electron chi connectivity index (χ4n) is 3.75. The zero-order valence-electron chi connectivity index (χ0n) is 16.2. The van der Waals surface area contributed by atoms with Crippen molar-refractivity contribution in [3.63, 3.8) is 0 Å². The summed E-state index contributed by atoms with van der Waals surface area (Å²) in [4.78, 5) is 19.8. The molecule has 1 saturated heterocycles. The number of nitrogens with zero attached hydrogens (tertiary/aromatic N) is 2. The molecular weight excluding hydrogens is 370 g/mol. The highest BCUT2D eigenvalue weighted by molar-refractivity contribution is 7.18. The summed E-state index contributed by atoms with van der Waals surface area (Å²) in [6.07, 6.45) is 2.07. The van der Waals surface area contributed by atoms with E-state index in [0.29, 0.717) is 17.4 Å². The van der Waals surface area contributed by atoms with E-state index in [1.165, 1.54) is 9.71 Å². The molecule has 0 unspecified atom stereocenters. The summed E-state index contributed by atoms with van der Waals surface area (Å²) in [5, 5.41) is 4.23. The molecule has 6 heteroatoms. The first-order chi connectivity index (χ1) is 13.7. The van der Waals surface area contributed by atoms with Gasteiger partial charge >= 0.3 is 0 Å². The second kappa shape index (κ2) is 8.29. The van der Waals surface area contributed by atoms with Crippen LogP contribution in [0.5, 0.6) is 5.75 Å². The van der Waals surface area contributed by atoms with Gasteiger partial charge in [0.1, 0.15) is 5.75 Å². The summed E-state index contributed by atoms with van der Waals surface area (Å²) in [6.45, 7) is 3.78. The predicted molar refractivity (Wildman–Crippen MR) is 114 cm³/mol. The molecule has 3 aromatic rings. The Hall–Kier alpha value is -2.44. The fraction of sp³-hybridized carbons (Fsp3) is 0.364. The Labute approximate surface area is 169 Å². The number of hydrogen-bond donors (Lipinski definition) is 1. The highest BCUT2D eigenvalue weighted by Crippen LogP contribution is 2.34. The van der Waals surface area contributed by atoms with Crippen LogP contribution in [0.3, 0.4) is 0 Å². The Kier molecular flexibility index (Phi) is 5.59. The van der Waals surface area contributed by atoms with E-state index >= 15 is 0 Å². The summed E-state index contributed by atoms with van der Waals surface area (Å²) in [5.41, 5.74) is 1.81. The normalized spacial score (nSPS) is 16.8. The molecule has 0 bridgehead atoms. The summed E-state index contributed by atoms with van der Waals surface area (Å²) >= 11 is 1.80. The van der Waals surface area contributed by atoms with Crippen LogP contribution in [0.25, 0.3) is 10.2 Å². The standard InChI is InChI=1S/C22H25N3O2S/c1-15(21(26)23-17-7-3-5-9-19(17)27-2)25-13-11-16(12-14-25)22-24-18-8-4-6-10-20(18)28-22/h3-10,15-16H,11-14H2,1-2H3,(H,23,26)/t15-/m0/s1. The number of piperidine rings is 1.